The second kappa shape index (κ2) is 4.16. The maximum absolute atomic E-state index is 11.8. The molecule has 5 saturated carbocycles. The number of amides is 1. The van der Waals surface area contributed by atoms with Crippen molar-refractivity contribution in [3.05, 3.63) is 35.4 Å². The van der Waals surface area contributed by atoms with Crippen LogP contribution >= 0.6 is 0 Å². The van der Waals surface area contributed by atoms with Crippen LogP contribution in [0, 0.1) is 35.5 Å². The van der Waals surface area contributed by atoms with E-state index in [0.29, 0.717) is 29.6 Å². The largest absolute Gasteiger partial charge is 0.411 e. The zero-order chi connectivity index (χ0) is 15.9. The first-order valence-electron chi connectivity index (χ1n) is 8.76. The van der Waals surface area contributed by atoms with Crippen molar-refractivity contribution in [2.75, 3.05) is 0 Å². The molecule has 5 aliphatic carbocycles. The van der Waals surface area contributed by atoms with E-state index in [1.807, 2.05) is 13.0 Å². The van der Waals surface area contributed by atoms with Gasteiger partial charge in [0.15, 0.2) is 0 Å². The van der Waals surface area contributed by atoms with Crippen molar-refractivity contribution in [2.45, 2.75) is 31.6 Å². The Kier molecular flexibility index (Phi) is 2.46. The second-order valence-corrected chi connectivity index (χ2v) is 7.84. The number of carbonyl (C=O) groups excluding carboxylic acids is 1. The van der Waals surface area contributed by atoms with Gasteiger partial charge < -0.3 is 10.9 Å². The van der Waals surface area contributed by atoms with Crippen molar-refractivity contribution < 1.29 is 10.0 Å². The van der Waals surface area contributed by atoms with E-state index in [4.69, 9.17) is 5.73 Å². The van der Waals surface area contributed by atoms with Gasteiger partial charge in [-0.25, -0.2) is 0 Å². The van der Waals surface area contributed by atoms with Crippen LogP contribution in [0.15, 0.2) is 29.4 Å². The number of rotatable bonds is 4. The number of nitrogens with two attached hydrogens (primary N) is 1. The molecule has 5 aliphatic rings. The molecule has 3 N–H and O–H groups in total. The fourth-order valence-corrected chi connectivity index (χ4v) is 7.13. The van der Waals surface area contributed by atoms with Gasteiger partial charge in [-0.2, -0.15) is 0 Å². The molecular weight excluding hydrogens is 288 g/mol. The van der Waals surface area contributed by atoms with Crippen LogP contribution in [-0.2, 0) is 10.2 Å². The van der Waals surface area contributed by atoms with Crippen LogP contribution in [0.2, 0.25) is 0 Å². The van der Waals surface area contributed by atoms with Gasteiger partial charge in [0.1, 0.15) is 0 Å². The molecule has 4 nitrogen and oxygen atoms in total. The standard InChI is InChI=1S/C19H22N2O2/c1-2-15(21-23)9-5-3-4-6-12(9)19-13-8-11(18(20)22)16-10(13)7-14(19)17(16)19/h3-6,10-11,13-14,16-17,23H,2,7-8H2,1H3,(H2,20,22). The monoisotopic (exact) mass is 310 g/mol. The molecule has 1 aromatic rings. The molecule has 1 aromatic carbocycles. The summed E-state index contributed by atoms with van der Waals surface area (Å²) < 4.78 is 0. The maximum atomic E-state index is 11.8. The Bertz CT molecular complexity index is 743. The zero-order valence-electron chi connectivity index (χ0n) is 13.3. The Labute approximate surface area is 135 Å². The quantitative estimate of drug-likeness (QED) is 0.509. The van der Waals surface area contributed by atoms with Crippen LogP contribution in [0.5, 0.6) is 0 Å². The first-order chi connectivity index (χ1) is 11.2. The molecule has 0 heterocycles. The van der Waals surface area contributed by atoms with Gasteiger partial charge >= 0.3 is 0 Å². The van der Waals surface area contributed by atoms with Crippen molar-refractivity contribution in [1.82, 2.24) is 0 Å². The minimum Gasteiger partial charge on any atom is -0.411 e. The Morgan fingerprint density at radius 1 is 1.35 bits per heavy atom. The maximum Gasteiger partial charge on any atom is 0.220 e. The summed E-state index contributed by atoms with van der Waals surface area (Å²) in [6.45, 7) is 2.03. The number of benzene rings is 1. The van der Waals surface area contributed by atoms with E-state index >= 15 is 0 Å². The van der Waals surface area contributed by atoms with Gasteiger partial charge in [-0.3, -0.25) is 4.79 Å². The number of oxime groups is 1. The Balaban J connectivity index is 1.62. The summed E-state index contributed by atoms with van der Waals surface area (Å²) >= 11 is 0. The first kappa shape index (κ1) is 13.6. The Morgan fingerprint density at radius 2 is 2.13 bits per heavy atom. The number of hydrogen-bond acceptors (Lipinski definition) is 3. The minimum atomic E-state index is -0.0943. The third-order valence-corrected chi connectivity index (χ3v) is 7.55. The third kappa shape index (κ3) is 1.31. The topological polar surface area (TPSA) is 75.7 Å². The zero-order valence-corrected chi connectivity index (χ0v) is 13.3. The van der Waals surface area contributed by atoms with Crippen LogP contribution in [0.4, 0.5) is 0 Å². The van der Waals surface area contributed by atoms with Gasteiger partial charge in [0.2, 0.25) is 5.91 Å². The molecule has 0 spiro atoms. The summed E-state index contributed by atoms with van der Waals surface area (Å²) in [7, 11) is 0. The lowest BCUT2D eigenvalue weighted by Gasteiger charge is -2.28. The van der Waals surface area contributed by atoms with Crippen molar-refractivity contribution in [3.63, 3.8) is 0 Å². The van der Waals surface area contributed by atoms with Crippen molar-refractivity contribution in [2.24, 2.45) is 46.4 Å². The highest BCUT2D eigenvalue weighted by Crippen LogP contribution is 2.88. The summed E-state index contributed by atoms with van der Waals surface area (Å²) in [6.07, 6.45) is 2.94. The smallest absolute Gasteiger partial charge is 0.220 e. The molecule has 0 saturated heterocycles. The van der Waals surface area contributed by atoms with E-state index in [-0.39, 0.29) is 17.2 Å². The lowest BCUT2D eigenvalue weighted by Crippen LogP contribution is -2.32. The molecule has 5 fully saturated rings. The van der Waals surface area contributed by atoms with E-state index in [9.17, 15) is 10.0 Å². The fourth-order valence-electron chi connectivity index (χ4n) is 7.13. The normalized spacial score (nSPS) is 45.5. The third-order valence-electron chi connectivity index (χ3n) is 7.55. The number of nitrogens with zero attached hydrogens (tertiary/aromatic N) is 1. The van der Waals surface area contributed by atoms with E-state index in [1.54, 1.807) is 0 Å². The van der Waals surface area contributed by atoms with E-state index in [2.05, 4.69) is 23.4 Å². The lowest BCUT2D eigenvalue weighted by atomic mass is 9.75. The fraction of sp³-hybridized carbons (Fsp3) is 0.579. The van der Waals surface area contributed by atoms with Crippen LogP contribution in [0.3, 0.4) is 0 Å². The average Bonchev–Trinajstić information content (AvgIpc) is 2.94. The van der Waals surface area contributed by atoms with Crippen LogP contribution < -0.4 is 5.73 Å². The van der Waals surface area contributed by atoms with Gasteiger partial charge in [-0.15, -0.1) is 0 Å². The van der Waals surface area contributed by atoms with Crippen LogP contribution in [-0.4, -0.2) is 16.8 Å². The summed E-state index contributed by atoms with van der Waals surface area (Å²) in [4.78, 5) is 11.8. The molecule has 0 aromatic heterocycles. The van der Waals surface area contributed by atoms with E-state index < -0.39 is 0 Å². The molecule has 6 rings (SSSR count). The number of primary amides is 1. The minimum absolute atomic E-state index is 0.0943. The molecule has 0 radical (unpaired) electrons. The lowest BCUT2D eigenvalue weighted by molar-refractivity contribution is -0.123. The SMILES string of the molecule is CCC(=NO)c1ccccc1C12C3CC(C(N)=O)C4C3CC1C42. The predicted octanol–water partition coefficient (Wildman–Crippen LogP) is 2.53. The summed E-state index contributed by atoms with van der Waals surface area (Å²) in [6, 6.07) is 8.44. The molecule has 6 bridgehead atoms. The molecule has 1 amide bonds. The van der Waals surface area contributed by atoms with Crippen molar-refractivity contribution in [1.29, 1.82) is 0 Å². The van der Waals surface area contributed by atoms with Crippen molar-refractivity contribution >= 4 is 11.6 Å². The van der Waals surface area contributed by atoms with E-state index in [0.717, 1.165) is 24.1 Å². The second-order valence-electron chi connectivity index (χ2n) is 7.84. The van der Waals surface area contributed by atoms with Gasteiger partial charge in [0, 0.05) is 16.9 Å². The molecule has 7 unspecified atom stereocenters. The van der Waals surface area contributed by atoms with Gasteiger partial charge in [-0.1, -0.05) is 36.3 Å². The Hall–Kier alpha value is -1.84. The highest BCUT2D eigenvalue weighted by molar-refractivity contribution is 6.02. The molecule has 7 atom stereocenters. The Morgan fingerprint density at radius 3 is 2.78 bits per heavy atom. The van der Waals surface area contributed by atoms with Gasteiger partial charge in [0.05, 0.1) is 5.71 Å². The molecule has 0 aliphatic heterocycles. The average molecular weight is 310 g/mol. The van der Waals surface area contributed by atoms with Crippen molar-refractivity contribution in [3.8, 4) is 0 Å². The van der Waals surface area contributed by atoms with Crippen LogP contribution in [0.1, 0.15) is 37.3 Å². The highest BCUT2D eigenvalue weighted by Gasteiger charge is 2.87. The summed E-state index contributed by atoms with van der Waals surface area (Å²) in [5, 5.41) is 12.9. The molecule has 23 heavy (non-hydrogen) atoms. The predicted molar refractivity (Wildman–Crippen MR) is 86.1 cm³/mol. The number of hydrogen-bond donors (Lipinski definition) is 2. The van der Waals surface area contributed by atoms with E-state index in [1.165, 1.54) is 12.0 Å². The van der Waals surface area contributed by atoms with Gasteiger partial charge in [0.25, 0.3) is 0 Å². The number of carbonyl (C=O) groups is 1. The first-order valence-corrected chi connectivity index (χ1v) is 8.76. The highest BCUT2D eigenvalue weighted by atomic mass is 16.4. The molecular formula is C19H22N2O2. The molecule has 4 heteroatoms. The summed E-state index contributed by atoms with van der Waals surface area (Å²) in [5.41, 5.74) is 9.14. The molecule has 120 valence electrons. The van der Waals surface area contributed by atoms with Crippen LogP contribution in [0.25, 0.3) is 0 Å². The van der Waals surface area contributed by atoms with Gasteiger partial charge in [-0.05, 0) is 54.4 Å². The summed E-state index contributed by atoms with van der Waals surface area (Å²) in [5.74, 6) is 3.13.